The molecule has 1 aliphatic carbocycles. The summed E-state index contributed by atoms with van der Waals surface area (Å²) >= 11 is 0. The highest BCUT2D eigenvalue weighted by Gasteiger charge is 2.21. The van der Waals surface area contributed by atoms with E-state index < -0.39 is 6.61 Å². The molecule has 0 amide bonds. The second-order valence-corrected chi connectivity index (χ2v) is 7.95. The van der Waals surface area contributed by atoms with Gasteiger partial charge in [-0.1, -0.05) is 60.7 Å². The third-order valence-electron chi connectivity index (χ3n) is 5.73. The lowest BCUT2D eigenvalue weighted by molar-refractivity contribution is -0.117. The lowest BCUT2D eigenvalue weighted by Crippen LogP contribution is -2.33. The molecule has 5 nitrogen and oxygen atoms in total. The summed E-state index contributed by atoms with van der Waals surface area (Å²) in [5.41, 5.74) is 6.35. The van der Waals surface area contributed by atoms with E-state index in [1.54, 1.807) is 6.08 Å². The molecule has 0 saturated carbocycles. The summed E-state index contributed by atoms with van der Waals surface area (Å²) in [4.78, 5) is 13.6. The Hall–Kier alpha value is -2.57. The highest BCUT2D eigenvalue weighted by Crippen LogP contribution is 2.29. The number of ketones is 1. The minimum Gasteiger partial charge on any atom is -0.388 e. The SMILES string of the molecule is O=C(/C=C/c1ccc(CN(CCC2=CCc3ccccc32)CC2OCCO2)cc1)CO. The van der Waals surface area contributed by atoms with Crippen molar-refractivity contribution in [2.75, 3.05) is 32.9 Å². The number of hydrogen-bond acceptors (Lipinski definition) is 5. The predicted octanol–water partition coefficient (Wildman–Crippen LogP) is 3.47. The zero-order valence-electron chi connectivity index (χ0n) is 17.7. The number of nitrogens with zero attached hydrogens (tertiary/aromatic N) is 1. The van der Waals surface area contributed by atoms with Gasteiger partial charge in [-0.15, -0.1) is 0 Å². The minimum atomic E-state index is -0.463. The monoisotopic (exact) mass is 419 g/mol. The molecule has 0 bridgehead atoms. The lowest BCUT2D eigenvalue weighted by Gasteiger charge is -2.25. The number of aliphatic hydroxyl groups excluding tert-OH is 1. The van der Waals surface area contributed by atoms with Gasteiger partial charge in [-0.2, -0.15) is 0 Å². The fourth-order valence-corrected chi connectivity index (χ4v) is 4.06. The molecule has 1 saturated heterocycles. The lowest BCUT2D eigenvalue weighted by atomic mass is 10.0. The average molecular weight is 420 g/mol. The molecule has 1 N–H and O–H groups in total. The van der Waals surface area contributed by atoms with E-state index in [4.69, 9.17) is 14.6 Å². The van der Waals surface area contributed by atoms with E-state index in [0.29, 0.717) is 13.2 Å². The molecule has 2 aromatic carbocycles. The molecule has 1 fully saturated rings. The maximum absolute atomic E-state index is 11.2. The fraction of sp³-hybridized carbons (Fsp3) is 0.346. The fourth-order valence-electron chi connectivity index (χ4n) is 4.06. The van der Waals surface area contributed by atoms with Crippen molar-refractivity contribution in [1.29, 1.82) is 0 Å². The molecule has 2 aromatic rings. The van der Waals surface area contributed by atoms with E-state index in [9.17, 15) is 4.79 Å². The molecule has 0 aromatic heterocycles. The normalized spacial score (nSPS) is 16.3. The summed E-state index contributed by atoms with van der Waals surface area (Å²) in [5, 5.41) is 8.83. The zero-order valence-corrected chi connectivity index (χ0v) is 17.7. The van der Waals surface area contributed by atoms with Gasteiger partial charge in [0.2, 0.25) is 0 Å². The average Bonchev–Trinajstić information content (AvgIpc) is 3.46. The van der Waals surface area contributed by atoms with Gasteiger partial charge in [0.15, 0.2) is 12.1 Å². The standard InChI is InChI=1S/C26H29NO4/c28-19-24(29)12-9-20-5-7-21(8-6-20)17-27(18-26-30-15-16-31-26)14-13-23-11-10-22-3-1-2-4-25(22)23/h1-9,11-12,26,28H,10,13-19H2/b12-9+. The third-order valence-corrected chi connectivity index (χ3v) is 5.73. The Balaban J connectivity index is 1.39. The largest absolute Gasteiger partial charge is 0.388 e. The molecule has 0 unspecified atom stereocenters. The van der Waals surface area contributed by atoms with Crippen molar-refractivity contribution in [3.8, 4) is 0 Å². The van der Waals surface area contributed by atoms with Crippen molar-refractivity contribution < 1.29 is 19.4 Å². The number of benzene rings is 2. The molecule has 162 valence electrons. The molecule has 4 rings (SSSR count). The molecular weight excluding hydrogens is 390 g/mol. The van der Waals surface area contributed by atoms with Gasteiger partial charge in [0, 0.05) is 19.6 Å². The molecule has 31 heavy (non-hydrogen) atoms. The van der Waals surface area contributed by atoms with Crippen LogP contribution in [0.1, 0.15) is 28.7 Å². The maximum atomic E-state index is 11.2. The van der Waals surface area contributed by atoms with E-state index >= 15 is 0 Å². The number of carbonyl (C=O) groups is 1. The number of ether oxygens (including phenoxy) is 2. The molecule has 0 spiro atoms. The zero-order chi connectivity index (χ0) is 21.5. The Labute approximate surface area is 183 Å². The van der Waals surface area contributed by atoms with Crippen LogP contribution in [0, 0.1) is 0 Å². The smallest absolute Gasteiger partial charge is 0.181 e. The Morgan fingerprint density at radius 3 is 2.65 bits per heavy atom. The van der Waals surface area contributed by atoms with Gasteiger partial charge in [-0.3, -0.25) is 9.69 Å². The number of fused-ring (bicyclic) bond motifs is 1. The topological polar surface area (TPSA) is 59.0 Å². The second-order valence-electron chi connectivity index (χ2n) is 7.95. The van der Waals surface area contributed by atoms with Gasteiger partial charge in [-0.05, 0) is 46.7 Å². The Bertz CT molecular complexity index is 942. The molecule has 5 heteroatoms. The van der Waals surface area contributed by atoms with E-state index in [-0.39, 0.29) is 12.1 Å². The molecule has 0 atom stereocenters. The summed E-state index contributed by atoms with van der Waals surface area (Å²) in [6.07, 6.45) is 7.33. The number of hydrogen-bond donors (Lipinski definition) is 1. The summed E-state index contributed by atoms with van der Waals surface area (Å²) in [5.74, 6) is -0.297. The first-order chi connectivity index (χ1) is 15.2. The Morgan fingerprint density at radius 1 is 1.10 bits per heavy atom. The van der Waals surface area contributed by atoms with Gasteiger partial charge in [0.05, 0.1) is 13.2 Å². The maximum Gasteiger partial charge on any atom is 0.181 e. The first-order valence-electron chi connectivity index (χ1n) is 10.8. The highest BCUT2D eigenvalue weighted by molar-refractivity contribution is 5.94. The van der Waals surface area contributed by atoms with Crippen LogP contribution in [0.25, 0.3) is 11.6 Å². The van der Waals surface area contributed by atoms with Crippen molar-refractivity contribution >= 4 is 17.4 Å². The number of aliphatic hydroxyl groups is 1. The van der Waals surface area contributed by atoms with Crippen LogP contribution in [0.5, 0.6) is 0 Å². The van der Waals surface area contributed by atoms with E-state index in [1.165, 1.54) is 28.3 Å². The van der Waals surface area contributed by atoms with Gasteiger partial charge in [0.1, 0.15) is 6.61 Å². The number of carbonyl (C=O) groups excluding carboxylic acids is 1. The summed E-state index contributed by atoms with van der Waals surface area (Å²) in [6.45, 7) is 3.32. The van der Waals surface area contributed by atoms with Gasteiger partial charge in [-0.25, -0.2) is 0 Å². The Morgan fingerprint density at radius 2 is 1.87 bits per heavy atom. The first kappa shape index (κ1) is 21.7. The molecule has 1 aliphatic heterocycles. The quantitative estimate of drug-likeness (QED) is 0.598. The van der Waals surface area contributed by atoms with Crippen LogP contribution >= 0.6 is 0 Å². The minimum absolute atomic E-state index is 0.170. The highest BCUT2D eigenvalue weighted by atomic mass is 16.7. The van der Waals surface area contributed by atoms with Crippen molar-refractivity contribution in [1.82, 2.24) is 4.90 Å². The number of rotatable bonds is 10. The van der Waals surface area contributed by atoms with Crippen LogP contribution in [0.4, 0.5) is 0 Å². The summed E-state index contributed by atoms with van der Waals surface area (Å²) in [7, 11) is 0. The van der Waals surface area contributed by atoms with Crippen LogP contribution in [-0.2, 0) is 27.2 Å². The van der Waals surface area contributed by atoms with Gasteiger partial charge < -0.3 is 14.6 Å². The summed E-state index contributed by atoms with van der Waals surface area (Å²) in [6, 6.07) is 16.8. The van der Waals surface area contributed by atoms with Crippen LogP contribution in [0.15, 0.2) is 60.7 Å². The van der Waals surface area contributed by atoms with Crippen LogP contribution in [0.2, 0.25) is 0 Å². The molecule has 2 aliphatic rings. The second kappa shape index (κ2) is 10.6. The summed E-state index contributed by atoms with van der Waals surface area (Å²) < 4.78 is 11.4. The van der Waals surface area contributed by atoms with Gasteiger partial charge in [0.25, 0.3) is 0 Å². The van der Waals surface area contributed by atoms with Crippen molar-refractivity contribution in [3.63, 3.8) is 0 Å². The predicted molar refractivity (Wildman–Crippen MR) is 121 cm³/mol. The van der Waals surface area contributed by atoms with Crippen LogP contribution < -0.4 is 0 Å². The number of allylic oxidation sites excluding steroid dienone is 1. The van der Waals surface area contributed by atoms with E-state index in [0.717, 1.165) is 38.0 Å². The molecular formula is C26H29NO4. The van der Waals surface area contributed by atoms with Crippen molar-refractivity contribution in [3.05, 3.63) is 82.9 Å². The van der Waals surface area contributed by atoms with E-state index in [1.807, 2.05) is 12.1 Å². The van der Waals surface area contributed by atoms with E-state index in [2.05, 4.69) is 47.4 Å². The Kier molecular flexibility index (Phi) is 7.43. The van der Waals surface area contributed by atoms with Crippen LogP contribution in [0.3, 0.4) is 0 Å². The first-order valence-corrected chi connectivity index (χ1v) is 10.8. The van der Waals surface area contributed by atoms with Crippen LogP contribution in [-0.4, -0.2) is 55.0 Å². The third kappa shape index (κ3) is 5.99. The molecule has 1 heterocycles. The van der Waals surface area contributed by atoms with Crippen molar-refractivity contribution in [2.24, 2.45) is 0 Å². The van der Waals surface area contributed by atoms with Gasteiger partial charge >= 0.3 is 0 Å². The molecule has 0 radical (unpaired) electrons. The van der Waals surface area contributed by atoms with Crippen molar-refractivity contribution in [2.45, 2.75) is 25.7 Å².